The molecule has 1 aromatic heterocycles. The van der Waals surface area contributed by atoms with Gasteiger partial charge in [0.15, 0.2) is 11.7 Å². The summed E-state index contributed by atoms with van der Waals surface area (Å²) in [7, 11) is 0. The van der Waals surface area contributed by atoms with Gasteiger partial charge < -0.3 is 14.5 Å². The molecule has 0 spiro atoms. The second kappa shape index (κ2) is 8.75. The first-order valence-electron chi connectivity index (χ1n) is 9.09. The van der Waals surface area contributed by atoms with E-state index in [1.165, 1.54) is 24.3 Å². The number of nitrogens with one attached hydrogen (secondary N) is 1. The number of carbonyl (C=O) groups excluding carboxylic acids is 1. The molecule has 0 fully saturated rings. The van der Waals surface area contributed by atoms with Crippen LogP contribution in [0.15, 0.2) is 59.0 Å². The van der Waals surface area contributed by atoms with Crippen LogP contribution < -0.4 is 10.1 Å². The van der Waals surface area contributed by atoms with Crippen LogP contribution in [0.25, 0.3) is 22.6 Å². The maximum absolute atomic E-state index is 13.3. The van der Waals surface area contributed by atoms with E-state index in [2.05, 4.69) is 10.3 Å². The molecule has 9 heteroatoms. The molecule has 4 aromatic rings. The molecule has 0 radical (unpaired) electrons. The number of oxazole rings is 1. The van der Waals surface area contributed by atoms with Gasteiger partial charge >= 0.3 is 0 Å². The number of hydrogen-bond acceptors (Lipinski definition) is 4. The first kappa shape index (κ1) is 21.4. The molecule has 5 nitrogen and oxygen atoms in total. The Bertz CT molecular complexity index is 1290. The number of benzene rings is 3. The van der Waals surface area contributed by atoms with E-state index in [0.29, 0.717) is 38.1 Å². The van der Waals surface area contributed by atoms with Gasteiger partial charge in [0.05, 0.1) is 15.6 Å². The Morgan fingerprint density at radius 3 is 2.61 bits per heavy atom. The molecular weight excluding hydrogens is 466 g/mol. The van der Waals surface area contributed by atoms with Crippen molar-refractivity contribution in [3.8, 4) is 17.2 Å². The van der Waals surface area contributed by atoms with E-state index in [-0.39, 0.29) is 16.8 Å². The maximum Gasteiger partial charge on any atom is 0.265 e. The molecule has 158 valence electrons. The molecule has 1 amide bonds. The first-order valence-corrected chi connectivity index (χ1v) is 10.2. The van der Waals surface area contributed by atoms with Crippen molar-refractivity contribution < 1.29 is 18.3 Å². The lowest BCUT2D eigenvalue weighted by molar-refractivity contribution is -0.122. The number of ether oxygens (including phenoxy) is 1. The van der Waals surface area contributed by atoms with E-state index < -0.39 is 11.9 Å². The third kappa shape index (κ3) is 4.77. The zero-order chi connectivity index (χ0) is 22.1. The molecule has 0 aliphatic rings. The van der Waals surface area contributed by atoms with Crippen LogP contribution in [-0.2, 0) is 4.79 Å². The fraction of sp³-hybridized carbons (Fsp3) is 0.0909. The summed E-state index contributed by atoms with van der Waals surface area (Å²) in [5, 5.41) is 3.73. The van der Waals surface area contributed by atoms with Gasteiger partial charge in [-0.25, -0.2) is 9.37 Å². The fourth-order valence-corrected chi connectivity index (χ4v) is 3.54. The Hall–Kier alpha value is -2.80. The average molecular weight is 480 g/mol. The van der Waals surface area contributed by atoms with Crippen molar-refractivity contribution in [2.24, 2.45) is 0 Å². The van der Waals surface area contributed by atoms with Crippen LogP contribution in [0.4, 0.5) is 10.1 Å². The smallest absolute Gasteiger partial charge is 0.265 e. The molecule has 3 aromatic carbocycles. The van der Waals surface area contributed by atoms with Gasteiger partial charge in [-0.2, -0.15) is 0 Å². The minimum atomic E-state index is -0.819. The second-order valence-electron chi connectivity index (χ2n) is 6.65. The number of amides is 1. The van der Waals surface area contributed by atoms with E-state index in [4.69, 9.17) is 44.0 Å². The van der Waals surface area contributed by atoms with Crippen molar-refractivity contribution in [1.29, 1.82) is 0 Å². The topological polar surface area (TPSA) is 64.4 Å². The zero-order valence-electron chi connectivity index (χ0n) is 16.0. The summed E-state index contributed by atoms with van der Waals surface area (Å²) in [6.07, 6.45) is -0.819. The van der Waals surface area contributed by atoms with Crippen LogP contribution in [0.5, 0.6) is 5.75 Å². The van der Waals surface area contributed by atoms with E-state index in [0.717, 1.165) is 0 Å². The predicted octanol–water partition coefficient (Wildman–Crippen LogP) is 7.00. The second-order valence-corrected chi connectivity index (χ2v) is 7.90. The molecular formula is C22H14Cl3FN2O3. The van der Waals surface area contributed by atoms with E-state index in [9.17, 15) is 9.18 Å². The molecule has 1 unspecified atom stereocenters. The highest BCUT2D eigenvalue weighted by atomic mass is 35.5. The summed E-state index contributed by atoms with van der Waals surface area (Å²) < 4.78 is 24.6. The number of nitrogens with zero attached hydrogens (tertiary/aromatic N) is 1. The Balaban J connectivity index is 1.51. The van der Waals surface area contributed by atoms with Gasteiger partial charge in [-0.1, -0.05) is 34.8 Å². The lowest BCUT2D eigenvalue weighted by Crippen LogP contribution is -2.30. The summed E-state index contributed by atoms with van der Waals surface area (Å²) in [4.78, 5) is 16.9. The van der Waals surface area contributed by atoms with E-state index in [1.54, 1.807) is 37.3 Å². The minimum Gasteiger partial charge on any atom is -0.479 e. The summed E-state index contributed by atoms with van der Waals surface area (Å²) >= 11 is 18.0. The van der Waals surface area contributed by atoms with Crippen LogP contribution in [0.1, 0.15) is 6.92 Å². The van der Waals surface area contributed by atoms with Crippen LogP contribution in [0, 0.1) is 5.82 Å². The minimum absolute atomic E-state index is 0.187. The lowest BCUT2D eigenvalue weighted by Gasteiger charge is -2.15. The highest BCUT2D eigenvalue weighted by molar-refractivity contribution is 6.35. The Morgan fingerprint density at radius 1 is 1.06 bits per heavy atom. The number of hydrogen-bond donors (Lipinski definition) is 1. The maximum atomic E-state index is 13.3. The van der Waals surface area contributed by atoms with Crippen molar-refractivity contribution in [3.05, 3.63) is 75.5 Å². The van der Waals surface area contributed by atoms with Crippen LogP contribution >= 0.6 is 34.8 Å². The van der Waals surface area contributed by atoms with E-state index in [1.807, 2.05) is 0 Å². The lowest BCUT2D eigenvalue weighted by atomic mass is 10.2. The Labute approximate surface area is 191 Å². The van der Waals surface area contributed by atoms with Gasteiger partial charge in [-0.05, 0) is 61.5 Å². The molecule has 1 atom stereocenters. The number of halogens is 4. The summed E-state index contributed by atoms with van der Waals surface area (Å²) in [6, 6.07) is 13.7. The molecule has 0 saturated carbocycles. The van der Waals surface area contributed by atoms with Gasteiger partial charge in [0.2, 0.25) is 5.89 Å². The number of fused-ring (bicyclic) bond motifs is 1. The molecule has 1 heterocycles. The number of anilines is 1. The van der Waals surface area contributed by atoms with Crippen molar-refractivity contribution in [1.82, 2.24) is 4.98 Å². The number of rotatable bonds is 5. The third-order valence-electron chi connectivity index (χ3n) is 4.38. The van der Waals surface area contributed by atoms with Crippen LogP contribution in [0.3, 0.4) is 0 Å². The molecule has 0 aliphatic heterocycles. The van der Waals surface area contributed by atoms with Gasteiger partial charge in [0, 0.05) is 10.7 Å². The molecule has 31 heavy (non-hydrogen) atoms. The zero-order valence-corrected chi connectivity index (χ0v) is 18.2. The van der Waals surface area contributed by atoms with Gasteiger partial charge in [-0.15, -0.1) is 0 Å². The van der Waals surface area contributed by atoms with Crippen molar-refractivity contribution in [2.75, 3.05) is 5.32 Å². The molecule has 4 rings (SSSR count). The van der Waals surface area contributed by atoms with Crippen molar-refractivity contribution in [3.63, 3.8) is 0 Å². The number of aromatic nitrogens is 1. The normalized spacial score (nSPS) is 12.0. The quantitative estimate of drug-likeness (QED) is 0.335. The SMILES string of the molecule is CC(Oc1ccc(Cl)cc1Cl)C(=O)Nc1ccc2oc(-c3ccc(F)cc3Cl)nc2c1. The highest BCUT2D eigenvalue weighted by Gasteiger charge is 2.18. The van der Waals surface area contributed by atoms with E-state index >= 15 is 0 Å². The number of carbonyl (C=O) groups is 1. The Morgan fingerprint density at radius 2 is 1.87 bits per heavy atom. The predicted molar refractivity (Wildman–Crippen MR) is 120 cm³/mol. The molecule has 0 aliphatic carbocycles. The molecule has 1 N–H and O–H groups in total. The largest absolute Gasteiger partial charge is 0.479 e. The average Bonchev–Trinajstić information content (AvgIpc) is 3.13. The van der Waals surface area contributed by atoms with Gasteiger partial charge in [0.1, 0.15) is 17.1 Å². The highest BCUT2D eigenvalue weighted by Crippen LogP contribution is 2.32. The molecule has 0 bridgehead atoms. The monoisotopic (exact) mass is 478 g/mol. The van der Waals surface area contributed by atoms with Crippen LogP contribution in [-0.4, -0.2) is 17.0 Å². The summed E-state index contributed by atoms with van der Waals surface area (Å²) in [5.74, 6) is -0.235. The standard InChI is InChI=1S/C22H14Cl3FN2O3/c1-11(30-19-6-2-12(23)8-17(19)25)21(29)27-14-4-7-20-18(10-14)28-22(31-20)15-5-3-13(26)9-16(15)24/h2-11H,1H3,(H,27,29). The summed E-state index contributed by atoms with van der Waals surface area (Å²) in [6.45, 7) is 1.60. The third-order valence-corrected chi connectivity index (χ3v) is 5.23. The fourth-order valence-electron chi connectivity index (χ4n) is 2.84. The summed E-state index contributed by atoms with van der Waals surface area (Å²) in [5.41, 5.74) is 1.96. The first-order chi connectivity index (χ1) is 14.8. The van der Waals surface area contributed by atoms with Gasteiger partial charge in [-0.3, -0.25) is 4.79 Å². The van der Waals surface area contributed by atoms with Crippen molar-refractivity contribution in [2.45, 2.75) is 13.0 Å². The van der Waals surface area contributed by atoms with Gasteiger partial charge in [0.25, 0.3) is 5.91 Å². The van der Waals surface area contributed by atoms with Crippen molar-refractivity contribution >= 4 is 57.5 Å². The van der Waals surface area contributed by atoms with Crippen LogP contribution in [0.2, 0.25) is 15.1 Å². The Kier molecular flexibility index (Phi) is 6.05. The molecule has 0 saturated heterocycles.